The fourth-order valence-electron chi connectivity index (χ4n) is 2.02. The van der Waals surface area contributed by atoms with Crippen molar-refractivity contribution in [2.24, 2.45) is 0 Å². The summed E-state index contributed by atoms with van der Waals surface area (Å²) >= 11 is 5.86. The molecule has 0 saturated heterocycles. The normalized spacial score (nSPS) is 10.2. The van der Waals surface area contributed by atoms with Gasteiger partial charge in [-0.3, -0.25) is 4.79 Å². The quantitative estimate of drug-likeness (QED) is 0.678. The lowest BCUT2D eigenvalue weighted by atomic mass is 10.1. The first-order chi connectivity index (χ1) is 11.6. The zero-order chi connectivity index (χ0) is 16.9. The van der Waals surface area contributed by atoms with E-state index in [-0.39, 0.29) is 5.78 Å². The molecule has 0 atom stereocenters. The minimum atomic E-state index is 0.0275. The number of Topliss-reactive ketones (excluding diaryl/α,β-unsaturated/α-hetero) is 1. The van der Waals surface area contributed by atoms with Crippen LogP contribution in [0.2, 0.25) is 5.02 Å². The number of nitrogens with one attached hydrogen (secondary N) is 2. The van der Waals surface area contributed by atoms with Gasteiger partial charge in [-0.05, 0) is 55.5 Å². The second kappa shape index (κ2) is 7.06. The Morgan fingerprint density at radius 3 is 2.25 bits per heavy atom. The molecule has 120 valence electrons. The minimum Gasteiger partial charge on any atom is -0.339 e. The lowest BCUT2D eigenvalue weighted by Gasteiger charge is -2.08. The molecule has 0 unspecified atom stereocenters. The van der Waals surface area contributed by atoms with Gasteiger partial charge in [0.05, 0.1) is 6.20 Å². The van der Waals surface area contributed by atoms with Crippen molar-refractivity contribution >= 4 is 40.5 Å². The van der Waals surface area contributed by atoms with Gasteiger partial charge in [-0.2, -0.15) is 10.1 Å². The van der Waals surface area contributed by atoms with Gasteiger partial charge < -0.3 is 10.6 Å². The summed E-state index contributed by atoms with van der Waals surface area (Å²) in [5.41, 5.74) is 2.27. The molecule has 24 heavy (non-hydrogen) atoms. The van der Waals surface area contributed by atoms with Crippen molar-refractivity contribution in [3.05, 3.63) is 65.3 Å². The molecular weight excluding hydrogens is 326 g/mol. The van der Waals surface area contributed by atoms with E-state index in [1.807, 2.05) is 24.3 Å². The van der Waals surface area contributed by atoms with Gasteiger partial charge >= 0.3 is 0 Å². The van der Waals surface area contributed by atoms with Crippen molar-refractivity contribution in [2.75, 3.05) is 10.6 Å². The number of carbonyl (C=O) groups excluding carboxylic acids is 1. The summed E-state index contributed by atoms with van der Waals surface area (Å²) in [5.74, 6) is 0.930. The summed E-state index contributed by atoms with van der Waals surface area (Å²) in [7, 11) is 0. The highest BCUT2D eigenvalue weighted by molar-refractivity contribution is 6.30. The second-order valence-corrected chi connectivity index (χ2v) is 5.49. The van der Waals surface area contributed by atoms with E-state index in [1.54, 1.807) is 24.3 Å². The monoisotopic (exact) mass is 339 g/mol. The van der Waals surface area contributed by atoms with E-state index in [0.717, 1.165) is 11.4 Å². The van der Waals surface area contributed by atoms with E-state index >= 15 is 0 Å². The van der Waals surface area contributed by atoms with E-state index in [9.17, 15) is 4.79 Å². The molecule has 3 rings (SSSR count). The van der Waals surface area contributed by atoms with Crippen molar-refractivity contribution in [2.45, 2.75) is 6.92 Å². The van der Waals surface area contributed by atoms with Crippen LogP contribution in [0.1, 0.15) is 17.3 Å². The van der Waals surface area contributed by atoms with Gasteiger partial charge in [0, 0.05) is 22.0 Å². The molecule has 0 aliphatic carbocycles. The van der Waals surface area contributed by atoms with Crippen LogP contribution in [0.4, 0.5) is 23.1 Å². The Kier molecular flexibility index (Phi) is 4.67. The number of halogens is 1. The zero-order valence-corrected chi connectivity index (χ0v) is 13.6. The van der Waals surface area contributed by atoms with Crippen LogP contribution in [0.5, 0.6) is 0 Å². The molecule has 7 heteroatoms. The van der Waals surface area contributed by atoms with Crippen LogP contribution in [0.25, 0.3) is 0 Å². The average Bonchev–Trinajstić information content (AvgIpc) is 2.58. The zero-order valence-electron chi connectivity index (χ0n) is 12.8. The second-order valence-electron chi connectivity index (χ2n) is 5.06. The van der Waals surface area contributed by atoms with E-state index < -0.39 is 0 Å². The Labute approximate surface area is 143 Å². The van der Waals surface area contributed by atoms with Crippen LogP contribution >= 0.6 is 11.6 Å². The third-order valence-electron chi connectivity index (χ3n) is 3.22. The molecule has 0 saturated carbocycles. The molecule has 0 aliphatic rings. The fraction of sp³-hybridized carbons (Fsp3) is 0.0588. The summed E-state index contributed by atoms with van der Waals surface area (Å²) in [6, 6.07) is 14.3. The summed E-state index contributed by atoms with van der Waals surface area (Å²) < 4.78 is 0. The first-order valence-electron chi connectivity index (χ1n) is 7.20. The van der Waals surface area contributed by atoms with E-state index in [0.29, 0.717) is 22.4 Å². The fourth-order valence-corrected chi connectivity index (χ4v) is 2.14. The molecule has 0 radical (unpaired) electrons. The maximum absolute atomic E-state index is 11.3. The highest BCUT2D eigenvalue weighted by atomic mass is 35.5. The molecular formula is C17H14ClN5O. The third kappa shape index (κ3) is 4.05. The maximum atomic E-state index is 11.3. The standard InChI is InChI=1S/C17H14ClN5O/c1-11(24)12-2-6-14(7-3-12)20-16-10-19-23-17(22-16)21-15-8-4-13(18)5-9-15/h2-10H,1H3,(H2,20,21,22,23). The molecule has 0 amide bonds. The molecule has 6 nitrogen and oxygen atoms in total. The van der Waals surface area contributed by atoms with Gasteiger partial charge in [0.15, 0.2) is 11.6 Å². The number of benzene rings is 2. The SMILES string of the molecule is CC(=O)c1ccc(Nc2cnnc(Nc3ccc(Cl)cc3)n2)cc1. The summed E-state index contributed by atoms with van der Waals surface area (Å²) in [6.45, 7) is 1.53. The topological polar surface area (TPSA) is 79.8 Å². The third-order valence-corrected chi connectivity index (χ3v) is 3.48. The Morgan fingerprint density at radius 1 is 0.958 bits per heavy atom. The number of ketones is 1. The van der Waals surface area contributed by atoms with E-state index in [1.165, 1.54) is 13.1 Å². The molecule has 2 aromatic carbocycles. The number of nitrogens with zero attached hydrogens (tertiary/aromatic N) is 3. The molecule has 0 fully saturated rings. The van der Waals surface area contributed by atoms with Gasteiger partial charge in [0.25, 0.3) is 0 Å². The summed E-state index contributed by atoms with van der Waals surface area (Å²) in [5, 5.41) is 14.7. The molecule has 1 heterocycles. The van der Waals surface area contributed by atoms with Gasteiger partial charge in [-0.1, -0.05) is 11.6 Å². The Balaban J connectivity index is 1.72. The Bertz CT molecular complexity index is 850. The lowest BCUT2D eigenvalue weighted by molar-refractivity contribution is 0.101. The minimum absolute atomic E-state index is 0.0275. The smallest absolute Gasteiger partial charge is 0.249 e. The molecule has 1 aromatic heterocycles. The van der Waals surface area contributed by atoms with Crippen LogP contribution < -0.4 is 10.6 Å². The maximum Gasteiger partial charge on any atom is 0.249 e. The van der Waals surface area contributed by atoms with Crippen LogP contribution in [0, 0.1) is 0 Å². The van der Waals surface area contributed by atoms with Crippen LogP contribution in [0.3, 0.4) is 0 Å². The van der Waals surface area contributed by atoms with Gasteiger partial charge in [0.1, 0.15) is 0 Å². The molecule has 0 bridgehead atoms. The van der Waals surface area contributed by atoms with E-state index in [4.69, 9.17) is 11.6 Å². The summed E-state index contributed by atoms with van der Waals surface area (Å²) in [6.07, 6.45) is 1.52. The number of aromatic nitrogens is 3. The van der Waals surface area contributed by atoms with Crippen LogP contribution in [-0.2, 0) is 0 Å². The average molecular weight is 340 g/mol. The van der Waals surface area contributed by atoms with Gasteiger partial charge in [0.2, 0.25) is 5.95 Å². The predicted molar refractivity (Wildman–Crippen MR) is 94.3 cm³/mol. The van der Waals surface area contributed by atoms with Crippen molar-refractivity contribution < 1.29 is 4.79 Å². The predicted octanol–water partition coefficient (Wildman–Crippen LogP) is 4.21. The van der Waals surface area contributed by atoms with Crippen molar-refractivity contribution in [1.29, 1.82) is 0 Å². The summed E-state index contributed by atoms with van der Waals surface area (Å²) in [4.78, 5) is 15.6. The van der Waals surface area contributed by atoms with Crippen molar-refractivity contribution in [1.82, 2.24) is 15.2 Å². The Morgan fingerprint density at radius 2 is 1.58 bits per heavy atom. The molecule has 3 aromatic rings. The highest BCUT2D eigenvalue weighted by Crippen LogP contribution is 2.19. The lowest BCUT2D eigenvalue weighted by Crippen LogP contribution is -2.02. The Hall–Kier alpha value is -2.99. The number of hydrogen-bond donors (Lipinski definition) is 2. The highest BCUT2D eigenvalue weighted by Gasteiger charge is 2.03. The van der Waals surface area contributed by atoms with Crippen molar-refractivity contribution in [3.8, 4) is 0 Å². The number of hydrogen-bond acceptors (Lipinski definition) is 6. The van der Waals surface area contributed by atoms with Gasteiger partial charge in [-0.25, -0.2) is 0 Å². The molecule has 0 spiro atoms. The first kappa shape index (κ1) is 15.9. The first-order valence-corrected chi connectivity index (χ1v) is 7.58. The van der Waals surface area contributed by atoms with Crippen LogP contribution in [0.15, 0.2) is 54.7 Å². The van der Waals surface area contributed by atoms with Crippen LogP contribution in [-0.4, -0.2) is 21.0 Å². The number of anilines is 4. The van der Waals surface area contributed by atoms with Crippen molar-refractivity contribution in [3.63, 3.8) is 0 Å². The molecule has 0 aliphatic heterocycles. The number of rotatable bonds is 5. The van der Waals surface area contributed by atoms with Gasteiger partial charge in [-0.15, -0.1) is 5.10 Å². The molecule has 2 N–H and O–H groups in total. The largest absolute Gasteiger partial charge is 0.339 e. The van der Waals surface area contributed by atoms with E-state index in [2.05, 4.69) is 25.8 Å². The number of carbonyl (C=O) groups is 1.